The van der Waals surface area contributed by atoms with E-state index in [0.29, 0.717) is 17.1 Å². The first-order valence-electron chi connectivity index (χ1n) is 6.67. The Kier molecular flexibility index (Phi) is 3.96. The van der Waals surface area contributed by atoms with Gasteiger partial charge < -0.3 is 4.74 Å². The Morgan fingerprint density at radius 3 is 2.10 bits per heavy atom. The van der Waals surface area contributed by atoms with Crippen LogP contribution in [-0.2, 0) is 5.41 Å². The molecular formula is C18H16N2O. The molecule has 0 aromatic heterocycles. The summed E-state index contributed by atoms with van der Waals surface area (Å²) in [7, 11) is 0. The highest BCUT2D eigenvalue weighted by Crippen LogP contribution is 2.29. The van der Waals surface area contributed by atoms with Crippen LogP contribution in [0.15, 0.2) is 42.5 Å². The SMILES string of the molecule is CC(C)(C)c1ccc(Oc2cccc(C#N)c2C#N)cc1. The van der Waals surface area contributed by atoms with E-state index in [0.717, 1.165) is 0 Å². The van der Waals surface area contributed by atoms with Gasteiger partial charge in [0.1, 0.15) is 29.2 Å². The Balaban J connectivity index is 2.32. The second kappa shape index (κ2) is 5.69. The summed E-state index contributed by atoms with van der Waals surface area (Å²) in [5.41, 5.74) is 1.87. The van der Waals surface area contributed by atoms with Crippen molar-refractivity contribution in [3.8, 4) is 23.6 Å². The summed E-state index contributed by atoms with van der Waals surface area (Å²) < 4.78 is 5.74. The average Bonchev–Trinajstić information content (AvgIpc) is 2.46. The molecule has 0 aliphatic carbocycles. The molecule has 21 heavy (non-hydrogen) atoms. The van der Waals surface area contributed by atoms with Crippen molar-refractivity contribution in [3.63, 3.8) is 0 Å². The van der Waals surface area contributed by atoms with Gasteiger partial charge >= 0.3 is 0 Å². The van der Waals surface area contributed by atoms with Crippen molar-refractivity contribution in [1.29, 1.82) is 10.5 Å². The average molecular weight is 276 g/mol. The first kappa shape index (κ1) is 14.6. The fourth-order valence-corrected chi connectivity index (χ4v) is 1.97. The van der Waals surface area contributed by atoms with Crippen molar-refractivity contribution < 1.29 is 4.74 Å². The van der Waals surface area contributed by atoms with Gasteiger partial charge in [0.15, 0.2) is 0 Å². The van der Waals surface area contributed by atoms with Crippen molar-refractivity contribution in [3.05, 3.63) is 59.2 Å². The van der Waals surface area contributed by atoms with E-state index >= 15 is 0 Å². The molecule has 0 N–H and O–H groups in total. The summed E-state index contributed by atoms with van der Waals surface area (Å²) in [5, 5.41) is 18.2. The van der Waals surface area contributed by atoms with Crippen LogP contribution in [0, 0.1) is 22.7 Å². The summed E-state index contributed by atoms with van der Waals surface area (Å²) in [5.74, 6) is 1.05. The van der Waals surface area contributed by atoms with Crippen molar-refractivity contribution in [1.82, 2.24) is 0 Å². The lowest BCUT2D eigenvalue weighted by atomic mass is 9.87. The molecule has 0 aliphatic heterocycles. The standard InChI is InChI=1S/C18H16N2O/c1-18(2,3)14-7-9-15(10-8-14)21-17-6-4-5-13(11-19)16(17)12-20/h4-10H,1-3H3. The molecule has 3 heteroatoms. The van der Waals surface area contributed by atoms with Crippen LogP contribution in [0.1, 0.15) is 37.5 Å². The van der Waals surface area contributed by atoms with Crippen LogP contribution in [-0.4, -0.2) is 0 Å². The van der Waals surface area contributed by atoms with E-state index in [1.165, 1.54) is 5.56 Å². The zero-order valence-electron chi connectivity index (χ0n) is 12.3. The van der Waals surface area contributed by atoms with Crippen molar-refractivity contribution in [2.24, 2.45) is 0 Å². The molecule has 0 aliphatic rings. The lowest BCUT2D eigenvalue weighted by Crippen LogP contribution is -2.10. The number of ether oxygens (including phenoxy) is 1. The second-order valence-corrected chi connectivity index (χ2v) is 5.78. The first-order chi connectivity index (χ1) is 9.95. The summed E-state index contributed by atoms with van der Waals surface area (Å²) >= 11 is 0. The van der Waals surface area contributed by atoms with Crippen LogP contribution in [0.3, 0.4) is 0 Å². The van der Waals surface area contributed by atoms with Crippen molar-refractivity contribution >= 4 is 0 Å². The number of nitrogens with zero attached hydrogens (tertiary/aromatic N) is 2. The second-order valence-electron chi connectivity index (χ2n) is 5.78. The Morgan fingerprint density at radius 1 is 0.905 bits per heavy atom. The number of hydrogen-bond acceptors (Lipinski definition) is 3. The molecule has 0 saturated heterocycles. The fourth-order valence-electron chi connectivity index (χ4n) is 1.97. The third kappa shape index (κ3) is 3.22. The van der Waals surface area contributed by atoms with Gasteiger partial charge in [0.05, 0.1) is 5.56 Å². The third-order valence-corrected chi connectivity index (χ3v) is 3.21. The molecular weight excluding hydrogens is 260 g/mol. The van der Waals surface area contributed by atoms with Gasteiger partial charge in [-0.3, -0.25) is 0 Å². The molecule has 0 radical (unpaired) electrons. The molecule has 2 aromatic rings. The maximum atomic E-state index is 9.18. The largest absolute Gasteiger partial charge is 0.456 e. The first-order valence-corrected chi connectivity index (χ1v) is 6.67. The van der Waals surface area contributed by atoms with Gasteiger partial charge in [0.2, 0.25) is 0 Å². The summed E-state index contributed by atoms with van der Waals surface area (Å²) in [6.07, 6.45) is 0. The zero-order valence-corrected chi connectivity index (χ0v) is 12.3. The molecule has 0 spiro atoms. The molecule has 0 amide bonds. The van der Waals surface area contributed by atoms with Gasteiger partial charge in [0.25, 0.3) is 0 Å². The van der Waals surface area contributed by atoms with E-state index in [-0.39, 0.29) is 11.0 Å². The van der Waals surface area contributed by atoms with Gasteiger partial charge in [-0.15, -0.1) is 0 Å². The molecule has 0 fully saturated rings. The van der Waals surface area contributed by atoms with E-state index in [4.69, 9.17) is 10.00 Å². The van der Waals surface area contributed by atoms with Gasteiger partial charge in [-0.05, 0) is 35.2 Å². The summed E-state index contributed by atoms with van der Waals surface area (Å²) in [6.45, 7) is 6.44. The van der Waals surface area contributed by atoms with Gasteiger partial charge in [-0.2, -0.15) is 10.5 Å². The maximum Gasteiger partial charge on any atom is 0.146 e. The highest BCUT2D eigenvalue weighted by molar-refractivity contribution is 5.55. The van der Waals surface area contributed by atoms with E-state index in [9.17, 15) is 5.26 Å². The number of nitriles is 2. The molecule has 0 atom stereocenters. The number of benzene rings is 2. The Hall–Kier alpha value is -2.78. The molecule has 2 rings (SSSR count). The summed E-state index contributed by atoms with van der Waals surface area (Å²) in [6, 6.07) is 16.8. The minimum absolute atomic E-state index is 0.0804. The monoisotopic (exact) mass is 276 g/mol. The van der Waals surface area contributed by atoms with E-state index in [1.54, 1.807) is 18.2 Å². The Labute approximate surface area is 125 Å². The molecule has 0 heterocycles. The van der Waals surface area contributed by atoms with Crippen LogP contribution in [0.25, 0.3) is 0 Å². The third-order valence-electron chi connectivity index (χ3n) is 3.21. The van der Waals surface area contributed by atoms with Crippen LogP contribution in [0.5, 0.6) is 11.5 Å². The van der Waals surface area contributed by atoms with E-state index in [2.05, 4.69) is 20.8 Å². The molecule has 0 unspecified atom stereocenters. The number of rotatable bonds is 2. The topological polar surface area (TPSA) is 56.8 Å². The maximum absolute atomic E-state index is 9.18. The highest BCUT2D eigenvalue weighted by Gasteiger charge is 2.14. The predicted molar refractivity (Wildman–Crippen MR) is 81.1 cm³/mol. The number of hydrogen-bond donors (Lipinski definition) is 0. The Bertz CT molecular complexity index is 726. The minimum Gasteiger partial charge on any atom is -0.456 e. The van der Waals surface area contributed by atoms with Crippen molar-refractivity contribution in [2.45, 2.75) is 26.2 Å². The fraction of sp³-hybridized carbons (Fsp3) is 0.222. The van der Waals surface area contributed by atoms with Gasteiger partial charge in [-0.25, -0.2) is 0 Å². The lowest BCUT2D eigenvalue weighted by molar-refractivity contribution is 0.479. The van der Waals surface area contributed by atoms with Gasteiger partial charge in [-0.1, -0.05) is 39.0 Å². The molecule has 3 nitrogen and oxygen atoms in total. The molecule has 0 saturated carbocycles. The van der Waals surface area contributed by atoms with Crippen LogP contribution < -0.4 is 4.74 Å². The quantitative estimate of drug-likeness (QED) is 0.810. The van der Waals surface area contributed by atoms with Crippen LogP contribution >= 0.6 is 0 Å². The van der Waals surface area contributed by atoms with Crippen LogP contribution in [0.4, 0.5) is 0 Å². The summed E-state index contributed by atoms with van der Waals surface area (Å²) in [4.78, 5) is 0. The predicted octanol–water partition coefficient (Wildman–Crippen LogP) is 4.52. The molecule has 104 valence electrons. The Morgan fingerprint density at radius 2 is 1.57 bits per heavy atom. The van der Waals surface area contributed by atoms with E-state index < -0.39 is 0 Å². The normalized spacial score (nSPS) is 10.5. The van der Waals surface area contributed by atoms with Gasteiger partial charge in [0, 0.05) is 0 Å². The highest BCUT2D eigenvalue weighted by atomic mass is 16.5. The molecule has 0 bridgehead atoms. The van der Waals surface area contributed by atoms with Crippen molar-refractivity contribution in [2.75, 3.05) is 0 Å². The molecule has 2 aromatic carbocycles. The minimum atomic E-state index is 0.0804. The van der Waals surface area contributed by atoms with Crippen LogP contribution in [0.2, 0.25) is 0 Å². The lowest BCUT2D eigenvalue weighted by Gasteiger charge is -2.19. The smallest absolute Gasteiger partial charge is 0.146 e. The zero-order chi connectivity index (χ0) is 15.5. The van der Waals surface area contributed by atoms with E-state index in [1.807, 2.05) is 36.4 Å².